The number of nitrogens with zero attached hydrogens (tertiary/aromatic N) is 4. The van der Waals surface area contributed by atoms with Crippen molar-refractivity contribution in [3.8, 4) is 6.01 Å². The van der Waals surface area contributed by atoms with Crippen molar-refractivity contribution in [2.45, 2.75) is 33.3 Å². The van der Waals surface area contributed by atoms with Gasteiger partial charge in [-0.25, -0.2) is 0 Å². The molecule has 0 aromatic carbocycles. The summed E-state index contributed by atoms with van der Waals surface area (Å²) in [6.45, 7) is 8.48. The van der Waals surface area contributed by atoms with E-state index in [1.165, 1.54) is 0 Å². The Morgan fingerprint density at radius 2 is 1.75 bits per heavy atom. The molecule has 0 aliphatic heterocycles. The minimum absolute atomic E-state index is 0.0356. The van der Waals surface area contributed by atoms with Gasteiger partial charge in [-0.2, -0.15) is 15.0 Å². The third kappa shape index (κ3) is 6.51. The predicted octanol–water partition coefficient (Wildman–Crippen LogP) is 1.45. The lowest BCUT2D eigenvalue weighted by molar-refractivity contribution is 0.222. The van der Waals surface area contributed by atoms with Crippen LogP contribution in [0.5, 0.6) is 6.01 Å². The average Bonchev–Trinajstić information content (AvgIpc) is 2.34. The highest BCUT2D eigenvalue weighted by Gasteiger charge is 2.08. The molecule has 0 radical (unpaired) electrons. The van der Waals surface area contributed by atoms with E-state index >= 15 is 0 Å². The Balaban J connectivity index is 2.65. The molecule has 0 aliphatic rings. The number of ether oxygens (including phenoxy) is 1. The third-order valence-electron chi connectivity index (χ3n) is 2.36. The van der Waals surface area contributed by atoms with E-state index in [4.69, 9.17) is 4.74 Å². The molecule has 7 heteroatoms. The highest BCUT2D eigenvalue weighted by Crippen LogP contribution is 2.12. The predicted molar refractivity (Wildman–Crippen MR) is 81.4 cm³/mol. The summed E-state index contributed by atoms with van der Waals surface area (Å²) in [5.41, 5.74) is 0. The smallest absolute Gasteiger partial charge is 0.323 e. The molecule has 7 nitrogen and oxygen atoms in total. The summed E-state index contributed by atoms with van der Waals surface area (Å²) in [5.74, 6) is 1.08. The van der Waals surface area contributed by atoms with Crippen LogP contribution in [0.15, 0.2) is 0 Å². The van der Waals surface area contributed by atoms with E-state index in [9.17, 15) is 0 Å². The van der Waals surface area contributed by atoms with Gasteiger partial charge in [-0.1, -0.05) is 0 Å². The van der Waals surface area contributed by atoms with Gasteiger partial charge in [0.15, 0.2) is 0 Å². The second kappa shape index (κ2) is 8.52. The summed E-state index contributed by atoms with van der Waals surface area (Å²) in [6.07, 6.45) is 1.06. The SMILES string of the molecule is CCNc1nc(NCCCN(C)C)nc(OC(C)C)n1. The fraction of sp³-hybridized carbons (Fsp3) is 0.769. The lowest BCUT2D eigenvalue weighted by atomic mass is 10.4. The van der Waals surface area contributed by atoms with Crippen molar-refractivity contribution < 1.29 is 4.74 Å². The van der Waals surface area contributed by atoms with Crippen LogP contribution in [0.3, 0.4) is 0 Å². The van der Waals surface area contributed by atoms with Crippen LogP contribution in [-0.4, -0.2) is 59.7 Å². The van der Waals surface area contributed by atoms with Gasteiger partial charge in [-0.05, 0) is 47.8 Å². The molecule has 0 fully saturated rings. The van der Waals surface area contributed by atoms with Crippen LogP contribution in [0, 0.1) is 0 Å². The number of nitrogens with one attached hydrogen (secondary N) is 2. The van der Waals surface area contributed by atoms with Crippen LogP contribution >= 0.6 is 0 Å². The summed E-state index contributed by atoms with van der Waals surface area (Å²) >= 11 is 0. The topological polar surface area (TPSA) is 75.2 Å². The minimum atomic E-state index is 0.0356. The summed E-state index contributed by atoms with van der Waals surface area (Å²) < 4.78 is 5.54. The van der Waals surface area contributed by atoms with Crippen LogP contribution in [0.4, 0.5) is 11.9 Å². The molecule has 1 rings (SSSR count). The number of rotatable bonds is 9. The van der Waals surface area contributed by atoms with Crippen molar-refractivity contribution in [2.75, 3.05) is 44.4 Å². The van der Waals surface area contributed by atoms with Gasteiger partial charge in [0, 0.05) is 13.1 Å². The van der Waals surface area contributed by atoms with E-state index in [1.54, 1.807) is 0 Å². The first-order valence-electron chi connectivity index (χ1n) is 7.06. The molecule has 1 heterocycles. The fourth-order valence-electron chi connectivity index (χ4n) is 1.53. The van der Waals surface area contributed by atoms with Crippen molar-refractivity contribution >= 4 is 11.9 Å². The quantitative estimate of drug-likeness (QED) is 0.664. The molecule has 0 spiro atoms. The molecule has 114 valence electrons. The molecular weight excluding hydrogens is 256 g/mol. The highest BCUT2D eigenvalue weighted by atomic mass is 16.5. The average molecular weight is 282 g/mol. The maximum absolute atomic E-state index is 5.54. The zero-order chi connectivity index (χ0) is 15.0. The Kier molecular flexibility index (Phi) is 7.00. The molecule has 0 saturated carbocycles. The summed E-state index contributed by atoms with van der Waals surface area (Å²) in [4.78, 5) is 14.9. The molecule has 0 unspecified atom stereocenters. The lowest BCUT2D eigenvalue weighted by Crippen LogP contribution is -2.18. The molecule has 0 bridgehead atoms. The lowest BCUT2D eigenvalue weighted by Gasteiger charge is -2.12. The van der Waals surface area contributed by atoms with Crippen LogP contribution < -0.4 is 15.4 Å². The molecule has 1 aromatic heterocycles. The Bertz CT molecular complexity index is 396. The number of anilines is 2. The van der Waals surface area contributed by atoms with Gasteiger partial charge in [-0.3, -0.25) is 0 Å². The maximum Gasteiger partial charge on any atom is 0.323 e. The maximum atomic E-state index is 5.54. The first-order valence-corrected chi connectivity index (χ1v) is 7.06. The first kappa shape index (κ1) is 16.4. The van der Waals surface area contributed by atoms with E-state index in [-0.39, 0.29) is 6.10 Å². The Morgan fingerprint density at radius 3 is 2.30 bits per heavy atom. The van der Waals surface area contributed by atoms with Gasteiger partial charge in [0.2, 0.25) is 11.9 Å². The van der Waals surface area contributed by atoms with Crippen molar-refractivity contribution in [3.63, 3.8) is 0 Å². The van der Waals surface area contributed by atoms with Gasteiger partial charge in [0.25, 0.3) is 0 Å². The Labute approximate surface area is 121 Å². The van der Waals surface area contributed by atoms with E-state index in [0.717, 1.165) is 26.1 Å². The summed E-state index contributed by atoms with van der Waals surface area (Å²) in [5, 5.41) is 6.28. The largest absolute Gasteiger partial charge is 0.461 e. The van der Waals surface area contributed by atoms with Crippen molar-refractivity contribution in [1.29, 1.82) is 0 Å². The van der Waals surface area contributed by atoms with Gasteiger partial charge >= 0.3 is 6.01 Å². The van der Waals surface area contributed by atoms with E-state index in [0.29, 0.717) is 17.9 Å². The van der Waals surface area contributed by atoms with Crippen LogP contribution in [0.1, 0.15) is 27.2 Å². The van der Waals surface area contributed by atoms with Crippen LogP contribution in [-0.2, 0) is 0 Å². The van der Waals surface area contributed by atoms with Crippen molar-refractivity contribution in [2.24, 2.45) is 0 Å². The zero-order valence-corrected chi connectivity index (χ0v) is 13.1. The van der Waals surface area contributed by atoms with Crippen molar-refractivity contribution in [3.05, 3.63) is 0 Å². The summed E-state index contributed by atoms with van der Waals surface area (Å²) in [7, 11) is 4.11. The van der Waals surface area contributed by atoms with Crippen LogP contribution in [0.25, 0.3) is 0 Å². The molecule has 0 saturated heterocycles. The number of hydrogen-bond acceptors (Lipinski definition) is 7. The second-order valence-electron chi connectivity index (χ2n) is 5.05. The molecule has 20 heavy (non-hydrogen) atoms. The standard InChI is InChI=1S/C13H26N6O/c1-6-14-11-16-12(15-8-7-9-19(4)5)18-13(17-11)20-10(2)3/h10H,6-9H2,1-5H3,(H2,14,15,16,17,18). The normalized spacial score (nSPS) is 10.9. The highest BCUT2D eigenvalue weighted by molar-refractivity contribution is 5.35. The molecule has 0 aliphatic carbocycles. The fourth-order valence-corrected chi connectivity index (χ4v) is 1.53. The molecule has 0 amide bonds. The molecular formula is C13H26N6O. The molecule has 2 N–H and O–H groups in total. The van der Waals surface area contributed by atoms with Gasteiger partial charge in [0.05, 0.1) is 6.10 Å². The number of hydrogen-bond donors (Lipinski definition) is 2. The first-order chi connectivity index (χ1) is 9.51. The minimum Gasteiger partial charge on any atom is -0.461 e. The van der Waals surface area contributed by atoms with Gasteiger partial charge in [-0.15, -0.1) is 0 Å². The Morgan fingerprint density at radius 1 is 1.10 bits per heavy atom. The van der Waals surface area contributed by atoms with Crippen molar-refractivity contribution in [1.82, 2.24) is 19.9 Å². The second-order valence-corrected chi connectivity index (χ2v) is 5.05. The van der Waals surface area contributed by atoms with E-state index in [1.807, 2.05) is 20.8 Å². The third-order valence-corrected chi connectivity index (χ3v) is 2.36. The van der Waals surface area contributed by atoms with E-state index in [2.05, 4.69) is 44.6 Å². The number of aromatic nitrogens is 3. The molecule has 1 aromatic rings. The Hall–Kier alpha value is -1.63. The van der Waals surface area contributed by atoms with Crippen LogP contribution in [0.2, 0.25) is 0 Å². The van der Waals surface area contributed by atoms with Gasteiger partial charge < -0.3 is 20.3 Å². The monoisotopic (exact) mass is 282 g/mol. The summed E-state index contributed by atoms with van der Waals surface area (Å²) in [6, 6.07) is 0.348. The van der Waals surface area contributed by atoms with Gasteiger partial charge in [0.1, 0.15) is 0 Å². The zero-order valence-electron chi connectivity index (χ0n) is 13.1. The van der Waals surface area contributed by atoms with E-state index < -0.39 is 0 Å². The molecule has 0 atom stereocenters.